The summed E-state index contributed by atoms with van der Waals surface area (Å²) in [6, 6.07) is 13.2. The first-order chi connectivity index (χ1) is 12.1. The highest BCUT2D eigenvalue weighted by Crippen LogP contribution is 2.38. The van der Waals surface area contributed by atoms with Crippen molar-refractivity contribution in [3.63, 3.8) is 0 Å². The van der Waals surface area contributed by atoms with E-state index in [1.54, 1.807) is 12.1 Å². The summed E-state index contributed by atoms with van der Waals surface area (Å²) >= 11 is 0. The Labute approximate surface area is 150 Å². The molecule has 0 aromatic heterocycles. The van der Waals surface area contributed by atoms with Crippen molar-refractivity contribution in [3.05, 3.63) is 65.0 Å². The number of phenols is 1. The molecule has 0 saturated heterocycles. The number of fused-ring (bicyclic) bond motifs is 1. The molecule has 1 aliphatic carbocycles. The Morgan fingerprint density at radius 1 is 1.24 bits per heavy atom. The fraction of sp³-hybridized carbons (Fsp3) is 0.455. The standard InChI is InChI=1S/C22H28FNO/c1-3-22(24(2)13-12-16-6-4-8-18(23)14-16)21-9-5-7-17-15-19(25)10-11-20(17)21/h4,6,8,10-11,14-15,21-22,25H,3,5,7,9,12-13H2,1-2H3. The van der Waals surface area contributed by atoms with Crippen LogP contribution in [0.1, 0.15) is 48.8 Å². The predicted molar refractivity (Wildman–Crippen MR) is 101 cm³/mol. The average Bonchev–Trinajstić information content (AvgIpc) is 2.60. The number of rotatable bonds is 6. The molecular weight excluding hydrogens is 313 g/mol. The maximum Gasteiger partial charge on any atom is 0.123 e. The average molecular weight is 341 g/mol. The molecule has 0 fully saturated rings. The van der Waals surface area contributed by atoms with Gasteiger partial charge >= 0.3 is 0 Å². The van der Waals surface area contributed by atoms with Crippen LogP contribution in [-0.4, -0.2) is 29.6 Å². The van der Waals surface area contributed by atoms with Gasteiger partial charge in [-0.3, -0.25) is 0 Å². The molecular formula is C22H28FNO. The first-order valence-corrected chi connectivity index (χ1v) is 9.35. The fourth-order valence-corrected chi connectivity index (χ4v) is 4.31. The van der Waals surface area contributed by atoms with E-state index >= 15 is 0 Å². The van der Waals surface area contributed by atoms with E-state index in [0.717, 1.165) is 31.4 Å². The van der Waals surface area contributed by atoms with Gasteiger partial charge in [-0.25, -0.2) is 4.39 Å². The molecule has 134 valence electrons. The minimum atomic E-state index is -0.159. The molecule has 2 unspecified atom stereocenters. The molecule has 0 bridgehead atoms. The second kappa shape index (κ2) is 8.01. The van der Waals surface area contributed by atoms with Crippen LogP contribution in [0.5, 0.6) is 5.75 Å². The molecule has 0 spiro atoms. The number of hydrogen-bond acceptors (Lipinski definition) is 2. The Bertz CT molecular complexity index is 715. The molecule has 2 aromatic carbocycles. The second-order valence-electron chi connectivity index (χ2n) is 7.22. The van der Waals surface area contributed by atoms with Crippen LogP contribution in [0.25, 0.3) is 0 Å². The zero-order valence-electron chi connectivity index (χ0n) is 15.2. The smallest absolute Gasteiger partial charge is 0.123 e. The lowest BCUT2D eigenvalue weighted by Gasteiger charge is -2.37. The summed E-state index contributed by atoms with van der Waals surface area (Å²) in [5, 5.41) is 9.77. The van der Waals surface area contributed by atoms with Crippen LogP contribution < -0.4 is 0 Å². The topological polar surface area (TPSA) is 23.5 Å². The van der Waals surface area contributed by atoms with E-state index in [2.05, 4.69) is 24.9 Å². The van der Waals surface area contributed by atoms with Gasteiger partial charge in [-0.15, -0.1) is 0 Å². The van der Waals surface area contributed by atoms with Crippen LogP contribution in [-0.2, 0) is 12.8 Å². The summed E-state index contributed by atoms with van der Waals surface area (Å²) in [6.45, 7) is 3.17. The Balaban J connectivity index is 1.72. The number of aryl methyl sites for hydroxylation is 1. The van der Waals surface area contributed by atoms with Crippen molar-refractivity contribution >= 4 is 0 Å². The number of phenolic OH excluding ortho intramolecular Hbond substituents is 1. The third-order valence-electron chi connectivity index (χ3n) is 5.58. The molecule has 0 saturated carbocycles. The predicted octanol–water partition coefficient (Wildman–Crippen LogP) is 4.90. The van der Waals surface area contributed by atoms with Gasteiger partial charge in [-0.05, 0) is 86.0 Å². The minimum Gasteiger partial charge on any atom is -0.508 e. The van der Waals surface area contributed by atoms with E-state index in [0.29, 0.717) is 17.7 Å². The highest BCUT2D eigenvalue weighted by molar-refractivity contribution is 5.39. The van der Waals surface area contributed by atoms with E-state index in [9.17, 15) is 9.50 Å². The summed E-state index contributed by atoms with van der Waals surface area (Å²) in [6.07, 6.45) is 5.38. The van der Waals surface area contributed by atoms with E-state index in [1.165, 1.54) is 30.0 Å². The second-order valence-corrected chi connectivity index (χ2v) is 7.22. The van der Waals surface area contributed by atoms with Crippen molar-refractivity contribution < 1.29 is 9.50 Å². The molecule has 0 amide bonds. The fourth-order valence-electron chi connectivity index (χ4n) is 4.31. The van der Waals surface area contributed by atoms with Crippen molar-refractivity contribution in [1.82, 2.24) is 4.90 Å². The van der Waals surface area contributed by atoms with Gasteiger partial charge in [0.15, 0.2) is 0 Å². The summed E-state index contributed by atoms with van der Waals surface area (Å²) in [4.78, 5) is 2.43. The number of aromatic hydroxyl groups is 1. The lowest BCUT2D eigenvalue weighted by atomic mass is 9.77. The lowest BCUT2D eigenvalue weighted by molar-refractivity contribution is 0.195. The molecule has 0 aliphatic heterocycles. The molecule has 1 N–H and O–H groups in total. The van der Waals surface area contributed by atoms with Crippen LogP contribution in [0.15, 0.2) is 42.5 Å². The van der Waals surface area contributed by atoms with Gasteiger partial charge in [-0.1, -0.05) is 25.1 Å². The lowest BCUT2D eigenvalue weighted by Crippen LogP contribution is -2.39. The Kier molecular flexibility index (Phi) is 5.74. The van der Waals surface area contributed by atoms with E-state index in [4.69, 9.17) is 0 Å². The maximum atomic E-state index is 13.4. The third-order valence-corrected chi connectivity index (χ3v) is 5.58. The van der Waals surface area contributed by atoms with Gasteiger partial charge in [-0.2, -0.15) is 0 Å². The van der Waals surface area contributed by atoms with Crippen LogP contribution in [0, 0.1) is 5.82 Å². The normalized spacial score (nSPS) is 18.2. The van der Waals surface area contributed by atoms with Gasteiger partial charge in [0, 0.05) is 12.6 Å². The first kappa shape index (κ1) is 17.9. The van der Waals surface area contributed by atoms with Crippen LogP contribution >= 0.6 is 0 Å². The van der Waals surface area contributed by atoms with E-state index < -0.39 is 0 Å². The molecule has 2 atom stereocenters. The first-order valence-electron chi connectivity index (χ1n) is 9.35. The zero-order valence-corrected chi connectivity index (χ0v) is 15.2. The summed E-state index contributed by atoms with van der Waals surface area (Å²) < 4.78 is 13.4. The molecule has 0 radical (unpaired) electrons. The molecule has 3 rings (SSSR count). The van der Waals surface area contributed by atoms with Gasteiger partial charge < -0.3 is 10.0 Å². The van der Waals surface area contributed by atoms with E-state index in [1.807, 2.05) is 18.2 Å². The summed E-state index contributed by atoms with van der Waals surface area (Å²) in [7, 11) is 2.18. The van der Waals surface area contributed by atoms with Crippen LogP contribution in [0.3, 0.4) is 0 Å². The molecule has 0 heterocycles. The van der Waals surface area contributed by atoms with E-state index in [-0.39, 0.29) is 5.82 Å². The van der Waals surface area contributed by atoms with Gasteiger partial charge in [0.25, 0.3) is 0 Å². The molecule has 25 heavy (non-hydrogen) atoms. The third kappa shape index (κ3) is 4.21. The monoisotopic (exact) mass is 341 g/mol. The summed E-state index contributed by atoms with van der Waals surface area (Å²) in [5.41, 5.74) is 3.75. The number of halogens is 1. The van der Waals surface area contributed by atoms with Crippen LogP contribution in [0.4, 0.5) is 4.39 Å². The largest absolute Gasteiger partial charge is 0.508 e. The SMILES string of the molecule is CCC(C1CCCc2cc(O)ccc21)N(C)CCc1cccc(F)c1. The van der Waals surface area contributed by atoms with Gasteiger partial charge in [0.2, 0.25) is 0 Å². The molecule has 1 aliphatic rings. The van der Waals surface area contributed by atoms with Crippen molar-refractivity contribution in [2.45, 2.75) is 51.0 Å². The maximum absolute atomic E-state index is 13.4. The number of nitrogens with zero attached hydrogens (tertiary/aromatic N) is 1. The number of benzene rings is 2. The van der Waals surface area contributed by atoms with Crippen LogP contribution in [0.2, 0.25) is 0 Å². The molecule has 2 nitrogen and oxygen atoms in total. The van der Waals surface area contributed by atoms with Crippen molar-refractivity contribution in [2.75, 3.05) is 13.6 Å². The van der Waals surface area contributed by atoms with Crippen molar-refractivity contribution in [2.24, 2.45) is 0 Å². The Hall–Kier alpha value is -1.87. The Morgan fingerprint density at radius 2 is 2.08 bits per heavy atom. The number of likely N-dealkylation sites (N-methyl/N-ethyl adjacent to an activating group) is 1. The van der Waals surface area contributed by atoms with Gasteiger partial charge in [0.05, 0.1) is 0 Å². The molecule has 2 aromatic rings. The minimum absolute atomic E-state index is 0.159. The zero-order chi connectivity index (χ0) is 17.8. The quantitative estimate of drug-likeness (QED) is 0.807. The highest BCUT2D eigenvalue weighted by Gasteiger charge is 2.29. The summed E-state index contributed by atoms with van der Waals surface area (Å²) in [5.74, 6) is 0.715. The van der Waals surface area contributed by atoms with Gasteiger partial charge in [0.1, 0.15) is 11.6 Å². The molecule has 3 heteroatoms. The Morgan fingerprint density at radius 3 is 2.84 bits per heavy atom. The number of hydrogen-bond donors (Lipinski definition) is 1. The highest BCUT2D eigenvalue weighted by atomic mass is 19.1. The van der Waals surface area contributed by atoms with Crippen molar-refractivity contribution in [1.29, 1.82) is 0 Å². The van der Waals surface area contributed by atoms with Crippen molar-refractivity contribution in [3.8, 4) is 5.75 Å².